The topological polar surface area (TPSA) is 86.4 Å². The van der Waals surface area contributed by atoms with E-state index in [0.717, 1.165) is 11.1 Å². The van der Waals surface area contributed by atoms with Crippen LogP contribution in [0, 0.1) is 0 Å². The zero-order valence-corrected chi connectivity index (χ0v) is 19.1. The van der Waals surface area contributed by atoms with E-state index in [1.807, 2.05) is 48.5 Å². The Morgan fingerprint density at radius 1 is 1.00 bits per heavy atom. The number of benzene rings is 3. The second kappa shape index (κ2) is 9.69. The minimum atomic E-state index is -0.122. The van der Waals surface area contributed by atoms with Crippen LogP contribution in [-0.2, 0) is 17.9 Å². The number of fused-ring (bicyclic) bond motifs is 1. The van der Waals surface area contributed by atoms with Gasteiger partial charge in [0, 0.05) is 18.2 Å². The van der Waals surface area contributed by atoms with Gasteiger partial charge in [-0.2, -0.15) is 0 Å². The summed E-state index contributed by atoms with van der Waals surface area (Å²) in [5.74, 6) is 1.80. The SMILES string of the molecule is CC(=O)Nc1ccc(OCc2cccc(-c3nc4ccccc4c(=O)n3Cc3ccco3)c2)cc1. The molecular weight excluding hydrogens is 442 g/mol. The highest BCUT2D eigenvalue weighted by Gasteiger charge is 2.14. The van der Waals surface area contributed by atoms with Gasteiger partial charge in [0.15, 0.2) is 0 Å². The predicted octanol–water partition coefficient (Wildman–Crippen LogP) is 5.24. The Bertz CT molecular complexity index is 1540. The summed E-state index contributed by atoms with van der Waals surface area (Å²) >= 11 is 0. The van der Waals surface area contributed by atoms with Crippen LogP contribution in [-0.4, -0.2) is 15.5 Å². The Labute approximate surface area is 201 Å². The van der Waals surface area contributed by atoms with Crippen molar-refractivity contribution in [3.63, 3.8) is 0 Å². The zero-order valence-electron chi connectivity index (χ0n) is 19.1. The van der Waals surface area contributed by atoms with Gasteiger partial charge in [0.25, 0.3) is 5.56 Å². The number of hydrogen-bond acceptors (Lipinski definition) is 5. The molecule has 1 N–H and O–H groups in total. The molecule has 0 aliphatic heterocycles. The Balaban J connectivity index is 1.45. The normalized spacial score (nSPS) is 10.9. The van der Waals surface area contributed by atoms with Crippen molar-refractivity contribution in [1.29, 1.82) is 0 Å². The molecule has 0 aliphatic carbocycles. The van der Waals surface area contributed by atoms with Gasteiger partial charge in [-0.3, -0.25) is 14.2 Å². The Morgan fingerprint density at radius 2 is 1.83 bits per heavy atom. The highest BCUT2D eigenvalue weighted by atomic mass is 16.5. The van der Waals surface area contributed by atoms with Crippen LogP contribution in [0.4, 0.5) is 5.69 Å². The number of carbonyl (C=O) groups is 1. The summed E-state index contributed by atoms with van der Waals surface area (Å²) in [5.41, 5.74) is 2.97. The van der Waals surface area contributed by atoms with E-state index in [9.17, 15) is 9.59 Å². The number of furan rings is 1. The fourth-order valence-corrected chi connectivity index (χ4v) is 3.90. The van der Waals surface area contributed by atoms with Gasteiger partial charge in [0.1, 0.15) is 23.9 Å². The second-order valence-corrected chi connectivity index (χ2v) is 8.12. The third-order valence-corrected chi connectivity index (χ3v) is 5.52. The maximum absolute atomic E-state index is 13.4. The number of nitrogens with one attached hydrogen (secondary N) is 1. The maximum Gasteiger partial charge on any atom is 0.262 e. The van der Waals surface area contributed by atoms with Gasteiger partial charge in [0.2, 0.25) is 5.91 Å². The molecule has 0 saturated heterocycles. The second-order valence-electron chi connectivity index (χ2n) is 8.12. The number of amides is 1. The lowest BCUT2D eigenvalue weighted by atomic mass is 10.1. The van der Waals surface area contributed by atoms with E-state index in [2.05, 4.69) is 5.32 Å². The summed E-state index contributed by atoms with van der Waals surface area (Å²) in [6, 6.07) is 26.0. The number of aromatic nitrogens is 2. The molecule has 2 heterocycles. The van der Waals surface area contributed by atoms with E-state index in [1.54, 1.807) is 47.2 Å². The molecule has 0 radical (unpaired) electrons. The van der Waals surface area contributed by atoms with Gasteiger partial charge in [-0.25, -0.2) is 4.98 Å². The summed E-state index contributed by atoms with van der Waals surface area (Å²) in [6.45, 7) is 2.08. The molecule has 7 heteroatoms. The van der Waals surface area contributed by atoms with Gasteiger partial charge in [-0.05, 0) is 60.2 Å². The molecule has 174 valence electrons. The Morgan fingerprint density at radius 3 is 2.60 bits per heavy atom. The average molecular weight is 466 g/mol. The van der Waals surface area contributed by atoms with Crippen molar-refractivity contribution in [1.82, 2.24) is 9.55 Å². The van der Waals surface area contributed by atoms with Crippen LogP contribution < -0.4 is 15.6 Å². The molecule has 0 spiro atoms. The lowest BCUT2D eigenvalue weighted by molar-refractivity contribution is -0.114. The van der Waals surface area contributed by atoms with Gasteiger partial charge >= 0.3 is 0 Å². The average Bonchev–Trinajstić information content (AvgIpc) is 3.38. The third kappa shape index (κ3) is 4.99. The molecule has 0 bridgehead atoms. The van der Waals surface area contributed by atoms with Crippen molar-refractivity contribution < 1.29 is 13.9 Å². The van der Waals surface area contributed by atoms with Crippen molar-refractivity contribution >= 4 is 22.5 Å². The van der Waals surface area contributed by atoms with E-state index < -0.39 is 0 Å². The van der Waals surface area contributed by atoms with E-state index in [4.69, 9.17) is 14.1 Å². The van der Waals surface area contributed by atoms with E-state index in [-0.39, 0.29) is 18.0 Å². The molecule has 0 atom stereocenters. The molecule has 2 aromatic heterocycles. The number of para-hydroxylation sites is 1. The quantitative estimate of drug-likeness (QED) is 0.355. The van der Waals surface area contributed by atoms with Crippen LogP contribution in [0.3, 0.4) is 0 Å². The molecule has 7 nitrogen and oxygen atoms in total. The molecule has 35 heavy (non-hydrogen) atoms. The fourth-order valence-electron chi connectivity index (χ4n) is 3.90. The van der Waals surface area contributed by atoms with Gasteiger partial charge in [-0.1, -0.05) is 30.3 Å². The summed E-state index contributed by atoms with van der Waals surface area (Å²) in [6.07, 6.45) is 1.59. The van der Waals surface area contributed by atoms with Gasteiger partial charge in [-0.15, -0.1) is 0 Å². The lowest BCUT2D eigenvalue weighted by Gasteiger charge is -2.14. The molecule has 5 rings (SSSR count). The largest absolute Gasteiger partial charge is 0.489 e. The van der Waals surface area contributed by atoms with Crippen molar-refractivity contribution in [2.45, 2.75) is 20.1 Å². The Hall–Kier alpha value is -4.65. The van der Waals surface area contributed by atoms with Crippen LogP contribution in [0.5, 0.6) is 5.75 Å². The van der Waals surface area contributed by atoms with E-state index in [0.29, 0.717) is 40.5 Å². The number of nitrogens with zero attached hydrogens (tertiary/aromatic N) is 2. The highest BCUT2D eigenvalue weighted by molar-refractivity contribution is 5.88. The molecule has 0 fully saturated rings. The van der Waals surface area contributed by atoms with Crippen molar-refractivity contribution in [2.24, 2.45) is 0 Å². The number of carbonyl (C=O) groups excluding carboxylic acids is 1. The van der Waals surface area contributed by atoms with E-state index in [1.165, 1.54) is 6.92 Å². The standard InChI is InChI=1S/C28H23N3O4/c1-19(32)29-22-11-13-23(14-12-22)35-18-20-6-4-7-21(16-20)27-30-26-10-3-2-9-25(26)28(33)31(27)17-24-8-5-15-34-24/h2-16H,17-18H2,1H3,(H,29,32). The first-order chi connectivity index (χ1) is 17.1. The minimum absolute atomic E-state index is 0.122. The number of ether oxygens (including phenoxy) is 1. The third-order valence-electron chi connectivity index (χ3n) is 5.52. The highest BCUT2D eigenvalue weighted by Crippen LogP contribution is 2.23. The summed E-state index contributed by atoms with van der Waals surface area (Å²) in [5, 5.41) is 3.29. The number of rotatable bonds is 7. The number of hydrogen-bond donors (Lipinski definition) is 1. The number of anilines is 1. The van der Waals surface area contributed by atoms with Crippen LogP contribution in [0.25, 0.3) is 22.3 Å². The first-order valence-electron chi connectivity index (χ1n) is 11.2. The molecule has 1 amide bonds. The summed E-state index contributed by atoms with van der Waals surface area (Å²) in [4.78, 5) is 29.4. The first-order valence-corrected chi connectivity index (χ1v) is 11.2. The Kier molecular flexibility index (Phi) is 6.13. The summed E-state index contributed by atoms with van der Waals surface area (Å²) in [7, 11) is 0. The molecule has 0 aliphatic rings. The zero-order chi connectivity index (χ0) is 24.2. The molecule has 0 unspecified atom stereocenters. The van der Waals surface area contributed by atoms with Crippen molar-refractivity contribution in [3.8, 4) is 17.1 Å². The van der Waals surface area contributed by atoms with Crippen molar-refractivity contribution in [3.05, 3.63) is 113 Å². The van der Waals surface area contributed by atoms with Crippen molar-refractivity contribution in [2.75, 3.05) is 5.32 Å². The van der Waals surface area contributed by atoms with Gasteiger partial charge < -0.3 is 14.5 Å². The predicted molar refractivity (Wildman–Crippen MR) is 134 cm³/mol. The van der Waals surface area contributed by atoms with Crippen LogP contribution in [0.15, 0.2) is 100 Å². The van der Waals surface area contributed by atoms with Gasteiger partial charge in [0.05, 0.1) is 23.7 Å². The van der Waals surface area contributed by atoms with E-state index >= 15 is 0 Å². The van der Waals surface area contributed by atoms with Crippen LogP contribution in [0.1, 0.15) is 18.2 Å². The monoisotopic (exact) mass is 465 g/mol. The van der Waals surface area contributed by atoms with Crippen LogP contribution in [0.2, 0.25) is 0 Å². The summed E-state index contributed by atoms with van der Waals surface area (Å²) < 4.78 is 13.1. The molecular formula is C28H23N3O4. The lowest BCUT2D eigenvalue weighted by Crippen LogP contribution is -2.24. The first kappa shape index (κ1) is 22.2. The molecule has 5 aromatic rings. The molecule has 3 aromatic carbocycles. The smallest absolute Gasteiger partial charge is 0.262 e. The maximum atomic E-state index is 13.4. The minimum Gasteiger partial charge on any atom is -0.489 e. The van der Waals surface area contributed by atoms with Crippen LogP contribution >= 0.6 is 0 Å². The molecule has 0 saturated carbocycles. The fraction of sp³-hybridized carbons (Fsp3) is 0.107.